The van der Waals surface area contributed by atoms with E-state index in [-0.39, 0.29) is 5.91 Å². The number of nitrogens with two attached hydrogens (primary N) is 1. The van der Waals surface area contributed by atoms with Gasteiger partial charge in [0.15, 0.2) is 0 Å². The van der Waals surface area contributed by atoms with E-state index in [4.69, 9.17) is 5.73 Å². The molecule has 2 N–H and O–H groups in total. The molecule has 0 heterocycles. The van der Waals surface area contributed by atoms with Crippen LogP contribution in [-0.2, 0) is 11.3 Å². The molecule has 4 nitrogen and oxygen atoms in total. The first-order valence-corrected chi connectivity index (χ1v) is 7.87. The summed E-state index contributed by atoms with van der Waals surface area (Å²) in [5, 5.41) is 0. The summed E-state index contributed by atoms with van der Waals surface area (Å²) in [6, 6.07) is 10.5. The highest BCUT2D eigenvalue weighted by molar-refractivity contribution is 5.78. The van der Waals surface area contributed by atoms with E-state index in [0.29, 0.717) is 31.6 Å². The fraction of sp³-hybridized carbons (Fsp3) is 0.588. The molecule has 1 unspecified atom stereocenters. The molecule has 116 valence electrons. The van der Waals surface area contributed by atoms with Crippen LogP contribution in [0.25, 0.3) is 0 Å². The van der Waals surface area contributed by atoms with Crippen molar-refractivity contribution >= 4 is 5.91 Å². The molecule has 0 aromatic heterocycles. The van der Waals surface area contributed by atoms with Crippen LogP contribution in [0.4, 0.5) is 0 Å². The lowest BCUT2D eigenvalue weighted by atomic mass is 10.1. The maximum absolute atomic E-state index is 12.5. The van der Waals surface area contributed by atoms with Gasteiger partial charge in [-0.05, 0) is 38.3 Å². The Hall–Kier alpha value is -1.39. The SMILES string of the molecule is CCN(Cc1ccccc1)C(=O)CN(C)C(CN)C1CC1. The zero-order valence-corrected chi connectivity index (χ0v) is 13.2. The van der Waals surface area contributed by atoms with Crippen LogP contribution in [-0.4, -0.2) is 48.4 Å². The van der Waals surface area contributed by atoms with E-state index in [1.807, 2.05) is 37.1 Å². The first-order chi connectivity index (χ1) is 10.2. The lowest BCUT2D eigenvalue weighted by molar-refractivity contribution is -0.133. The molecule has 21 heavy (non-hydrogen) atoms. The Morgan fingerprint density at radius 3 is 2.52 bits per heavy atom. The maximum Gasteiger partial charge on any atom is 0.237 e. The van der Waals surface area contributed by atoms with E-state index in [0.717, 1.165) is 6.54 Å². The van der Waals surface area contributed by atoms with Crippen LogP contribution in [0.2, 0.25) is 0 Å². The Morgan fingerprint density at radius 1 is 1.33 bits per heavy atom. The second-order valence-corrected chi connectivity index (χ2v) is 5.95. The van der Waals surface area contributed by atoms with Crippen LogP contribution in [0.15, 0.2) is 30.3 Å². The molecular formula is C17H27N3O. The smallest absolute Gasteiger partial charge is 0.237 e. The Labute approximate surface area is 127 Å². The highest BCUT2D eigenvalue weighted by atomic mass is 16.2. The Morgan fingerprint density at radius 2 is 2.00 bits per heavy atom. The summed E-state index contributed by atoms with van der Waals surface area (Å²) in [7, 11) is 2.02. The van der Waals surface area contributed by atoms with Gasteiger partial charge in [0.2, 0.25) is 5.91 Å². The topological polar surface area (TPSA) is 49.6 Å². The van der Waals surface area contributed by atoms with Crippen LogP contribution in [0.1, 0.15) is 25.3 Å². The quantitative estimate of drug-likeness (QED) is 0.792. The lowest BCUT2D eigenvalue weighted by Crippen LogP contribution is -2.46. The van der Waals surface area contributed by atoms with Crippen molar-refractivity contribution in [1.29, 1.82) is 0 Å². The summed E-state index contributed by atoms with van der Waals surface area (Å²) in [4.78, 5) is 16.5. The van der Waals surface area contributed by atoms with Crippen molar-refractivity contribution in [1.82, 2.24) is 9.80 Å². The van der Waals surface area contributed by atoms with Gasteiger partial charge in [0, 0.05) is 25.7 Å². The Kier molecular flexibility index (Phi) is 5.76. The monoisotopic (exact) mass is 289 g/mol. The predicted molar refractivity (Wildman–Crippen MR) is 85.7 cm³/mol. The molecule has 1 aromatic carbocycles. The molecule has 1 amide bonds. The van der Waals surface area contributed by atoms with Crippen molar-refractivity contribution in [3.63, 3.8) is 0 Å². The van der Waals surface area contributed by atoms with Crippen LogP contribution in [0, 0.1) is 5.92 Å². The minimum Gasteiger partial charge on any atom is -0.338 e. The van der Waals surface area contributed by atoms with E-state index in [9.17, 15) is 4.79 Å². The molecule has 1 aromatic rings. The molecule has 1 aliphatic carbocycles. The normalized spacial score (nSPS) is 16.0. The van der Waals surface area contributed by atoms with Crippen LogP contribution in [0.5, 0.6) is 0 Å². The Bertz CT molecular complexity index is 445. The average Bonchev–Trinajstić information content (AvgIpc) is 3.31. The van der Waals surface area contributed by atoms with Gasteiger partial charge in [-0.3, -0.25) is 9.69 Å². The van der Waals surface area contributed by atoms with E-state index >= 15 is 0 Å². The van der Waals surface area contributed by atoms with Crippen LogP contribution >= 0.6 is 0 Å². The summed E-state index contributed by atoms with van der Waals surface area (Å²) in [6.07, 6.45) is 2.50. The van der Waals surface area contributed by atoms with E-state index in [1.54, 1.807) is 0 Å². The second-order valence-electron chi connectivity index (χ2n) is 5.95. The van der Waals surface area contributed by atoms with Gasteiger partial charge < -0.3 is 10.6 Å². The zero-order valence-electron chi connectivity index (χ0n) is 13.2. The number of amides is 1. The van der Waals surface area contributed by atoms with Gasteiger partial charge in [-0.25, -0.2) is 0 Å². The first-order valence-electron chi connectivity index (χ1n) is 7.87. The molecule has 0 radical (unpaired) electrons. The maximum atomic E-state index is 12.5. The fourth-order valence-corrected chi connectivity index (χ4v) is 2.82. The van der Waals surface area contributed by atoms with Gasteiger partial charge in [-0.2, -0.15) is 0 Å². The van der Waals surface area contributed by atoms with Crippen molar-refractivity contribution < 1.29 is 4.79 Å². The number of nitrogens with zero attached hydrogens (tertiary/aromatic N) is 2. The first kappa shape index (κ1) is 16.0. The molecule has 1 atom stereocenters. The van der Waals surface area contributed by atoms with Crippen molar-refractivity contribution in [2.45, 2.75) is 32.4 Å². The summed E-state index contributed by atoms with van der Waals surface area (Å²) in [6.45, 7) is 4.54. The fourth-order valence-electron chi connectivity index (χ4n) is 2.82. The zero-order chi connectivity index (χ0) is 15.2. The van der Waals surface area contributed by atoms with Gasteiger partial charge in [0.05, 0.1) is 6.54 Å². The molecule has 0 aliphatic heterocycles. The van der Waals surface area contributed by atoms with Gasteiger partial charge in [-0.1, -0.05) is 30.3 Å². The molecule has 1 aliphatic rings. The van der Waals surface area contributed by atoms with Crippen LogP contribution < -0.4 is 5.73 Å². The van der Waals surface area contributed by atoms with Gasteiger partial charge >= 0.3 is 0 Å². The van der Waals surface area contributed by atoms with Gasteiger partial charge in [0.1, 0.15) is 0 Å². The molecule has 1 saturated carbocycles. The third-order valence-electron chi connectivity index (χ3n) is 4.31. The van der Waals surface area contributed by atoms with E-state index in [1.165, 1.54) is 18.4 Å². The van der Waals surface area contributed by atoms with Crippen molar-refractivity contribution in [3.05, 3.63) is 35.9 Å². The molecular weight excluding hydrogens is 262 g/mol. The number of rotatable bonds is 8. The summed E-state index contributed by atoms with van der Waals surface area (Å²) < 4.78 is 0. The van der Waals surface area contributed by atoms with Crippen molar-refractivity contribution in [2.24, 2.45) is 11.7 Å². The summed E-state index contributed by atoms with van der Waals surface area (Å²) >= 11 is 0. The second kappa shape index (κ2) is 7.57. The van der Waals surface area contributed by atoms with Crippen LogP contribution in [0.3, 0.4) is 0 Å². The predicted octanol–water partition coefficient (Wildman–Crippen LogP) is 1.70. The number of carbonyl (C=O) groups is 1. The average molecular weight is 289 g/mol. The highest BCUT2D eigenvalue weighted by Crippen LogP contribution is 2.34. The lowest BCUT2D eigenvalue weighted by Gasteiger charge is -2.29. The van der Waals surface area contributed by atoms with Gasteiger partial charge in [0.25, 0.3) is 0 Å². The highest BCUT2D eigenvalue weighted by Gasteiger charge is 2.33. The summed E-state index contributed by atoms with van der Waals surface area (Å²) in [5.41, 5.74) is 7.03. The molecule has 0 saturated heterocycles. The minimum absolute atomic E-state index is 0.183. The number of likely N-dealkylation sites (N-methyl/N-ethyl adjacent to an activating group) is 2. The summed E-state index contributed by atoms with van der Waals surface area (Å²) in [5.74, 6) is 0.875. The van der Waals surface area contributed by atoms with Gasteiger partial charge in [-0.15, -0.1) is 0 Å². The third-order valence-corrected chi connectivity index (χ3v) is 4.31. The minimum atomic E-state index is 0.183. The molecule has 0 spiro atoms. The largest absolute Gasteiger partial charge is 0.338 e. The number of hydrogen-bond donors (Lipinski definition) is 1. The molecule has 2 rings (SSSR count). The van der Waals surface area contributed by atoms with E-state index < -0.39 is 0 Å². The number of hydrogen-bond acceptors (Lipinski definition) is 3. The van der Waals surface area contributed by atoms with E-state index in [2.05, 4.69) is 17.0 Å². The number of benzene rings is 1. The van der Waals surface area contributed by atoms with Crippen molar-refractivity contribution in [2.75, 3.05) is 26.7 Å². The standard InChI is InChI=1S/C17H27N3O/c1-3-20(12-14-7-5-4-6-8-14)17(21)13-19(2)16(11-18)15-9-10-15/h4-8,15-16H,3,9-13,18H2,1-2H3. The third kappa shape index (κ3) is 4.55. The Balaban J connectivity index is 1.90. The molecule has 1 fully saturated rings. The number of carbonyl (C=O) groups excluding carboxylic acids is 1. The molecule has 0 bridgehead atoms. The molecule has 4 heteroatoms. The van der Waals surface area contributed by atoms with Crippen molar-refractivity contribution in [3.8, 4) is 0 Å².